The number of primary sulfonamides is 1. The monoisotopic (exact) mass is 487 g/mol. The van der Waals surface area contributed by atoms with Gasteiger partial charge in [0.2, 0.25) is 10.0 Å². The fourth-order valence-corrected chi connectivity index (χ4v) is 4.17. The van der Waals surface area contributed by atoms with Crippen LogP contribution in [0, 0.1) is 0 Å². The smallest absolute Gasteiger partial charge is 0.433 e. The minimum absolute atomic E-state index is 0.0643. The molecule has 0 atom stereocenters. The first-order valence-electron chi connectivity index (χ1n) is 10.1. The summed E-state index contributed by atoms with van der Waals surface area (Å²) >= 11 is 0. The molecule has 0 amide bonds. The van der Waals surface area contributed by atoms with Crippen LogP contribution in [0.4, 0.5) is 13.2 Å². The van der Waals surface area contributed by atoms with Gasteiger partial charge in [-0.15, -0.1) is 0 Å². The molecule has 2 N–H and O–H groups in total. The van der Waals surface area contributed by atoms with Gasteiger partial charge in [-0.05, 0) is 35.4 Å². The molecule has 4 aromatic rings. The second-order valence-electron chi connectivity index (χ2n) is 7.51. The predicted molar refractivity (Wildman–Crippen MR) is 122 cm³/mol. The predicted octanol–water partition coefficient (Wildman–Crippen LogP) is 4.94. The summed E-state index contributed by atoms with van der Waals surface area (Å²) in [4.78, 5) is -0.151. The van der Waals surface area contributed by atoms with E-state index in [0.29, 0.717) is 16.9 Å². The number of hydrogen-bond donors (Lipinski definition) is 1. The largest absolute Gasteiger partial charge is 0.497 e. The number of methoxy groups -OCH3 is 1. The molecule has 1 aromatic heterocycles. The number of sulfonamides is 1. The Bertz CT molecular complexity index is 1400. The number of alkyl halides is 3. The third-order valence-electron chi connectivity index (χ3n) is 5.23. The van der Waals surface area contributed by atoms with Crippen LogP contribution in [0.1, 0.15) is 11.3 Å². The van der Waals surface area contributed by atoms with Gasteiger partial charge in [0.15, 0.2) is 5.69 Å². The highest BCUT2D eigenvalue weighted by molar-refractivity contribution is 7.89. The number of nitrogens with zero attached hydrogens (tertiary/aromatic N) is 2. The van der Waals surface area contributed by atoms with Gasteiger partial charge in [-0.1, -0.05) is 54.6 Å². The van der Waals surface area contributed by atoms with E-state index in [1.165, 1.54) is 43.5 Å². The summed E-state index contributed by atoms with van der Waals surface area (Å²) in [5, 5.41) is 9.49. The molecule has 34 heavy (non-hydrogen) atoms. The van der Waals surface area contributed by atoms with Crippen molar-refractivity contribution in [2.45, 2.75) is 17.6 Å². The van der Waals surface area contributed by atoms with E-state index in [9.17, 15) is 21.6 Å². The average Bonchev–Trinajstić information content (AvgIpc) is 3.19. The lowest BCUT2D eigenvalue weighted by Crippen LogP contribution is -2.16. The zero-order valence-corrected chi connectivity index (χ0v) is 18.8. The molecule has 0 aliphatic carbocycles. The number of rotatable bonds is 6. The lowest BCUT2D eigenvalue weighted by Gasteiger charge is -2.13. The van der Waals surface area contributed by atoms with Crippen molar-refractivity contribution in [3.05, 3.63) is 90.1 Å². The number of halogens is 3. The Labute approximate surface area is 194 Å². The Morgan fingerprint density at radius 1 is 0.912 bits per heavy atom. The number of hydrogen-bond acceptors (Lipinski definition) is 4. The molecule has 1 heterocycles. The van der Waals surface area contributed by atoms with E-state index in [2.05, 4.69) is 5.10 Å². The van der Waals surface area contributed by atoms with Gasteiger partial charge in [0.25, 0.3) is 0 Å². The van der Waals surface area contributed by atoms with E-state index in [1.807, 2.05) is 0 Å². The molecule has 0 saturated heterocycles. The van der Waals surface area contributed by atoms with Crippen molar-refractivity contribution in [1.29, 1.82) is 0 Å². The second kappa shape index (κ2) is 8.96. The highest BCUT2D eigenvalue weighted by atomic mass is 32.2. The van der Waals surface area contributed by atoms with E-state index in [1.54, 1.807) is 42.5 Å². The maximum Gasteiger partial charge on any atom is 0.433 e. The van der Waals surface area contributed by atoms with Gasteiger partial charge in [-0.2, -0.15) is 18.3 Å². The van der Waals surface area contributed by atoms with Crippen LogP contribution in [-0.2, 0) is 22.7 Å². The third-order valence-corrected chi connectivity index (χ3v) is 6.16. The molecule has 0 radical (unpaired) electrons. The van der Waals surface area contributed by atoms with Gasteiger partial charge in [0.1, 0.15) is 11.4 Å². The zero-order chi connectivity index (χ0) is 24.5. The van der Waals surface area contributed by atoms with E-state index >= 15 is 0 Å². The highest BCUT2D eigenvalue weighted by Crippen LogP contribution is 2.43. The topological polar surface area (TPSA) is 87.2 Å². The Morgan fingerprint density at radius 3 is 2.03 bits per heavy atom. The minimum Gasteiger partial charge on any atom is -0.497 e. The van der Waals surface area contributed by atoms with Gasteiger partial charge in [-0.3, -0.25) is 4.68 Å². The van der Waals surface area contributed by atoms with Crippen molar-refractivity contribution in [2.24, 2.45) is 5.14 Å². The van der Waals surface area contributed by atoms with Crippen LogP contribution in [0.5, 0.6) is 5.75 Å². The molecule has 0 fully saturated rings. The number of aromatic nitrogens is 2. The molecule has 3 aromatic carbocycles. The molecule has 10 heteroatoms. The van der Waals surface area contributed by atoms with Gasteiger partial charge in [0, 0.05) is 11.1 Å². The van der Waals surface area contributed by atoms with Gasteiger partial charge < -0.3 is 4.74 Å². The standard InChI is InChI=1S/C24H20F3N3O3S/c1-33-19-11-7-17(8-12-19)21-22(18-9-13-20(14-10-18)34(28,31)32)29-30(23(21)24(25,26)27)15-16-5-3-2-4-6-16/h2-14H,15H2,1H3,(H2,28,31,32). The van der Waals surface area contributed by atoms with Crippen LogP contribution in [0.2, 0.25) is 0 Å². The van der Waals surface area contributed by atoms with Crippen molar-refractivity contribution < 1.29 is 26.3 Å². The van der Waals surface area contributed by atoms with Gasteiger partial charge in [0.05, 0.1) is 18.6 Å². The fourth-order valence-electron chi connectivity index (χ4n) is 3.66. The summed E-state index contributed by atoms with van der Waals surface area (Å²) in [5.74, 6) is 0.494. The molecule has 176 valence electrons. The summed E-state index contributed by atoms with van der Waals surface area (Å²) in [5.41, 5.74) is 0.289. The molecular formula is C24H20F3N3O3S. The quantitative estimate of drug-likeness (QED) is 0.417. The van der Waals surface area contributed by atoms with E-state index in [0.717, 1.165) is 4.68 Å². The van der Waals surface area contributed by atoms with Crippen LogP contribution < -0.4 is 9.88 Å². The Hall–Kier alpha value is -3.63. The van der Waals surface area contributed by atoms with E-state index in [-0.39, 0.29) is 28.3 Å². The van der Waals surface area contributed by atoms with Crippen molar-refractivity contribution in [3.63, 3.8) is 0 Å². The van der Waals surface area contributed by atoms with Gasteiger partial charge >= 0.3 is 6.18 Å². The maximum atomic E-state index is 14.4. The first kappa shape index (κ1) is 23.5. The number of ether oxygens (including phenoxy) is 1. The Morgan fingerprint density at radius 2 is 1.50 bits per heavy atom. The third kappa shape index (κ3) is 4.82. The molecule has 0 aliphatic rings. The lowest BCUT2D eigenvalue weighted by molar-refractivity contribution is -0.143. The Balaban J connectivity index is 1.96. The summed E-state index contributed by atoms with van der Waals surface area (Å²) < 4.78 is 72.5. The molecule has 4 rings (SSSR count). The summed E-state index contributed by atoms with van der Waals surface area (Å²) in [6.45, 7) is -0.103. The minimum atomic E-state index is -4.71. The van der Waals surface area contributed by atoms with E-state index < -0.39 is 21.9 Å². The van der Waals surface area contributed by atoms with Crippen molar-refractivity contribution in [3.8, 4) is 28.1 Å². The molecule has 0 saturated carbocycles. The molecule has 6 nitrogen and oxygen atoms in total. The molecular weight excluding hydrogens is 467 g/mol. The maximum absolute atomic E-state index is 14.4. The molecule has 0 unspecified atom stereocenters. The SMILES string of the molecule is COc1ccc(-c2c(-c3ccc(S(N)(=O)=O)cc3)nn(Cc3ccccc3)c2C(F)(F)F)cc1. The summed E-state index contributed by atoms with van der Waals surface area (Å²) in [7, 11) is -2.49. The van der Waals surface area contributed by atoms with Crippen molar-refractivity contribution in [2.75, 3.05) is 7.11 Å². The van der Waals surface area contributed by atoms with Gasteiger partial charge in [-0.25, -0.2) is 13.6 Å². The molecule has 0 spiro atoms. The van der Waals surface area contributed by atoms with E-state index in [4.69, 9.17) is 9.88 Å². The van der Waals surface area contributed by atoms with Crippen LogP contribution in [-0.4, -0.2) is 25.3 Å². The lowest BCUT2D eigenvalue weighted by atomic mass is 9.98. The highest BCUT2D eigenvalue weighted by Gasteiger charge is 2.40. The number of nitrogens with two attached hydrogens (primary N) is 1. The number of benzene rings is 3. The second-order valence-corrected chi connectivity index (χ2v) is 9.07. The van der Waals surface area contributed by atoms with Crippen molar-refractivity contribution in [1.82, 2.24) is 9.78 Å². The molecule has 0 aliphatic heterocycles. The Kier molecular flexibility index (Phi) is 6.20. The first-order chi connectivity index (χ1) is 16.1. The summed E-state index contributed by atoms with van der Waals surface area (Å²) in [6.07, 6.45) is -4.71. The zero-order valence-electron chi connectivity index (χ0n) is 18.0. The van der Waals surface area contributed by atoms with Crippen LogP contribution in [0.15, 0.2) is 83.8 Å². The average molecular weight is 488 g/mol. The molecule has 0 bridgehead atoms. The fraction of sp³-hybridized carbons (Fsp3) is 0.125. The first-order valence-corrected chi connectivity index (χ1v) is 11.6. The normalized spacial score (nSPS) is 12.0. The van der Waals surface area contributed by atoms with Crippen molar-refractivity contribution >= 4 is 10.0 Å². The summed E-state index contributed by atoms with van der Waals surface area (Å²) in [6, 6.07) is 20.1. The van der Waals surface area contributed by atoms with Crippen LogP contribution >= 0.6 is 0 Å². The van der Waals surface area contributed by atoms with Crippen LogP contribution in [0.3, 0.4) is 0 Å². The van der Waals surface area contributed by atoms with Crippen LogP contribution in [0.25, 0.3) is 22.4 Å².